The average molecular weight is 556 g/mol. The van der Waals surface area contributed by atoms with E-state index in [4.69, 9.17) is 9.47 Å². The number of methoxy groups -OCH3 is 1. The molecule has 0 amide bonds. The molecule has 0 aliphatic carbocycles. The number of rotatable bonds is 6. The van der Waals surface area contributed by atoms with Crippen LogP contribution in [0.25, 0.3) is 11.8 Å². The van der Waals surface area contributed by atoms with Crippen LogP contribution in [0.2, 0.25) is 0 Å². The van der Waals surface area contributed by atoms with Crippen molar-refractivity contribution in [1.29, 1.82) is 0 Å². The number of hydrogen-bond acceptors (Lipinski definition) is 6. The number of hydrogen-bond donors (Lipinski definition) is 0. The Balaban J connectivity index is 1.70. The summed E-state index contributed by atoms with van der Waals surface area (Å²) >= 11 is 1.32. The predicted octanol–water partition coefficient (Wildman–Crippen LogP) is 4.83. The fourth-order valence-corrected chi connectivity index (χ4v) is 6.51. The van der Waals surface area contributed by atoms with Gasteiger partial charge in [-0.1, -0.05) is 29.5 Å². The van der Waals surface area contributed by atoms with Gasteiger partial charge in [-0.3, -0.25) is 9.36 Å². The third-order valence-electron chi connectivity index (χ3n) is 7.15. The van der Waals surface area contributed by atoms with Crippen molar-refractivity contribution in [3.63, 3.8) is 0 Å². The van der Waals surface area contributed by atoms with E-state index in [1.54, 1.807) is 25.5 Å². The number of benzene rings is 2. The van der Waals surface area contributed by atoms with E-state index in [0.29, 0.717) is 26.4 Å². The maximum absolute atomic E-state index is 14.0. The minimum atomic E-state index is -0.685. The molecular formula is C32H33N3O4S. The highest BCUT2D eigenvalue weighted by Crippen LogP contribution is 2.32. The number of aryl methyl sites for hydroxylation is 3. The van der Waals surface area contributed by atoms with Gasteiger partial charge in [-0.2, -0.15) is 0 Å². The SMILES string of the molecule is CCOC(=O)C1=C(C)N=c2s/c(=C/c3cc(C)n(-c4cc(C)cc(C)c4)c3C)c(=O)n2[C@H]1c1cccc(OC)c1. The average Bonchev–Trinajstić information content (AvgIpc) is 3.36. The number of fused-ring (bicyclic) bond motifs is 1. The Morgan fingerprint density at radius 3 is 2.45 bits per heavy atom. The van der Waals surface area contributed by atoms with Gasteiger partial charge >= 0.3 is 5.97 Å². The summed E-state index contributed by atoms with van der Waals surface area (Å²) in [4.78, 5) is 32.4. The highest BCUT2D eigenvalue weighted by atomic mass is 32.1. The highest BCUT2D eigenvalue weighted by molar-refractivity contribution is 7.07. The number of allylic oxidation sites excluding steroid dienone is 1. The summed E-state index contributed by atoms with van der Waals surface area (Å²) in [7, 11) is 1.59. The standard InChI is InChI=1S/C32H33N3O4S/c1-8-39-31(37)28-21(5)33-32-35(29(28)23-10-9-11-26(16-23)38-7)30(36)27(40-32)17-24-15-20(4)34(22(24)6)25-13-18(2)12-19(3)14-25/h9-17,29H,8H2,1-7H3/b27-17+/t29-/m0/s1. The molecule has 0 N–H and O–H groups in total. The van der Waals surface area contributed by atoms with Gasteiger partial charge < -0.3 is 14.0 Å². The molecule has 0 saturated carbocycles. The van der Waals surface area contributed by atoms with Crippen LogP contribution in [0, 0.1) is 27.7 Å². The normalized spacial score (nSPS) is 15.2. The Morgan fingerprint density at radius 1 is 1.05 bits per heavy atom. The molecule has 206 valence electrons. The van der Waals surface area contributed by atoms with Crippen LogP contribution in [0.3, 0.4) is 0 Å². The van der Waals surface area contributed by atoms with Crippen molar-refractivity contribution in [3.8, 4) is 11.4 Å². The molecule has 4 aromatic rings. The lowest BCUT2D eigenvalue weighted by Crippen LogP contribution is -2.39. The second-order valence-electron chi connectivity index (χ2n) is 10.1. The molecule has 1 atom stereocenters. The number of carbonyl (C=O) groups is 1. The summed E-state index contributed by atoms with van der Waals surface area (Å²) in [6.45, 7) is 12.1. The van der Waals surface area contributed by atoms with E-state index in [0.717, 1.165) is 28.2 Å². The van der Waals surface area contributed by atoms with Gasteiger partial charge in [0.25, 0.3) is 5.56 Å². The Morgan fingerprint density at radius 2 is 1.77 bits per heavy atom. The summed E-state index contributed by atoms with van der Waals surface area (Å²) in [5.41, 5.74) is 8.00. The van der Waals surface area contributed by atoms with Gasteiger partial charge in [0, 0.05) is 17.1 Å². The molecule has 2 aromatic carbocycles. The lowest BCUT2D eigenvalue weighted by atomic mass is 9.95. The van der Waals surface area contributed by atoms with Crippen LogP contribution >= 0.6 is 11.3 Å². The van der Waals surface area contributed by atoms with Gasteiger partial charge in [-0.25, -0.2) is 9.79 Å². The summed E-state index contributed by atoms with van der Waals surface area (Å²) in [6.07, 6.45) is 1.93. The number of carbonyl (C=O) groups excluding carboxylic acids is 1. The monoisotopic (exact) mass is 555 g/mol. The Hall–Kier alpha value is -4.17. The third kappa shape index (κ3) is 4.84. The van der Waals surface area contributed by atoms with Gasteiger partial charge in [0.2, 0.25) is 0 Å². The first-order valence-electron chi connectivity index (χ1n) is 13.2. The van der Waals surface area contributed by atoms with Crippen LogP contribution in [0.4, 0.5) is 0 Å². The van der Waals surface area contributed by atoms with Crippen molar-refractivity contribution >= 4 is 23.4 Å². The zero-order valence-electron chi connectivity index (χ0n) is 23.9. The van der Waals surface area contributed by atoms with E-state index in [1.807, 2.05) is 30.3 Å². The van der Waals surface area contributed by atoms with Crippen molar-refractivity contribution in [1.82, 2.24) is 9.13 Å². The molecule has 1 aliphatic rings. The van der Waals surface area contributed by atoms with E-state index in [9.17, 15) is 9.59 Å². The summed E-state index contributed by atoms with van der Waals surface area (Å²) < 4.78 is 15.2. The highest BCUT2D eigenvalue weighted by Gasteiger charge is 2.33. The smallest absolute Gasteiger partial charge is 0.338 e. The van der Waals surface area contributed by atoms with Gasteiger partial charge in [0.15, 0.2) is 4.80 Å². The minimum absolute atomic E-state index is 0.206. The van der Waals surface area contributed by atoms with Crippen molar-refractivity contribution in [2.75, 3.05) is 13.7 Å². The first kappa shape index (κ1) is 27.4. The molecule has 0 radical (unpaired) electrons. The lowest BCUT2D eigenvalue weighted by Gasteiger charge is -2.25. The number of thiazole rings is 1. The maximum Gasteiger partial charge on any atom is 0.338 e. The number of nitrogens with zero attached hydrogens (tertiary/aromatic N) is 3. The van der Waals surface area contributed by atoms with Crippen LogP contribution in [0.15, 0.2) is 69.6 Å². The zero-order chi connectivity index (χ0) is 28.7. The number of esters is 1. The molecular weight excluding hydrogens is 522 g/mol. The summed E-state index contributed by atoms with van der Waals surface area (Å²) in [5, 5.41) is 0. The van der Waals surface area contributed by atoms with Gasteiger partial charge in [-0.05, 0) is 100 Å². The second-order valence-corrected chi connectivity index (χ2v) is 11.1. The summed E-state index contributed by atoms with van der Waals surface area (Å²) in [6, 6.07) is 15.3. The van der Waals surface area contributed by atoms with E-state index in [1.165, 1.54) is 22.5 Å². The fraction of sp³-hybridized carbons (Fsp3) is 0.281. The van der Waals surface area contributed by atoms with Crippen molar-refractivity contribution in [2.45, 2.75) is 47.6 Å². The van der Waals surface area contributed by atoms with Crippen molar-refractivity contribution < 1.29 is 14.3 Å². The third-order valence-corrected chi connectivity index (χ3v) is 8.13. The van der Waals surface area contributed by atoms with Gasteiger partial charge in [0.05, 0.1) is 35.6 Å². The van der Waals surface area contributed by atoms with Crippen LogP contribution in [-0.2, 0) is 9.53 Å². The Labute approximate surface area is 237 Å². The fourth-order valence-electron chi connectivity index (χ4n) is 5.47. The van der Waals surface area contributed by atoms with Crippen molar-refractivity contribution in [2.24, 2.45) is 4.99 Å². The quantitative estimate of drug-likeness (QED) is 0.320. The predicted molar refractivity (Wildman–Crippen MR) is 158 cm³/mol. The molecule has 2 aromatic heterocycles. The molecule has 5 rings (SSSR count). The van der Waals surface area contributed by atoms with E-state index in [-0.39, 0.29) is 12.2 Å². The molecule has 0 spiro atoms. The van der Waals surface area contributed by atoms with E-state index < -0.39 is 12.0 Å². The molecule has 0 bridgehead atoms. The van der Waals surface area contributed by atoms with Gasteiger partial charge in [0.1, 0.15) is 5.75 Å². The maximum atomic E-state index is 14.0. The van der Waals surface area contributed by atoms with Crippen LogP contribution < -0.4 is 19.6 Å². The van der Waals surface area contributed by atoms with Crippen LogP contribution in [0.5, 0.6) is 5.75 Å². The Kier molecular flexibility index (Phi) is 7.38. The molecule has 0 unspecified atom stereocenters. The zero-order valence-corrected chi connectivity index (χ0v) is 24.7. The molecule has 1 aliphatic heterocycles. The van der Waals surface area contributed by atoms with Crippen LogP contribution in [0.1, 0.15) is 53.5 Å². The summed E-state index contributed by atoms with van der Waals surface area (Å²) in [5.74, 6) is 0.152. The molecule has 0 saturated heterocycles. The van der Waals surface area contributed by atoms with Crippen molar-refractivity contribution in [3.05, 3.63) is 113 Å². The molecule has 0 fully saturated rings. The first-order valence-corrected chi connectivity index (χ1v) is 14.1. The van der Waals surface area contributed by atoms with E-state index >= 15 is 0 Å². The molecule has 8 heteroatoms. The second kappa shape index (κ2) is 10.8. The first-order chi connectivity index (χ1) is 19.1. The van der Waals surface area contributed by atoms with Gasteiger partial charge in [-0.15, -0.1) is 0 Å². The Bertz CT molecular complexity index is 1840. The largest absolute Gasteiger partial charge is 0.497 e. The topological polar surface area (TPSA) is 74.8 Å². The number of ether oxygens (including phenoxy) is 2. The molecule has 40 heavy (non-hydrogen) atoms. The lowest BCUT2D eigenvalue weighted by molar-refractivity contribution is -0.139. The molecule has 3 heterocycles. The molecule has 7 nitrogen and oxygen atoms in total. The van der Waals surface area contributed by atoms with Crippen LogP contribution in [-0.4, -0.2) is 28.8 Å². The van der Waals surface area contributed by atoms with E-state index in [2.05, 4.69) is 61.5 Å². The minimum Gasteiger partial charge on any atom is -0.497 e. The number of aromatic nitrogens is 2.